The number of hydrogen-bond donors (Lipinski definition) is 1. The maximum atomic E-state index is 12.8. The van der Waals surface area contributed by atoms with Crippen LogP contribution < -0.4 is 14.8 Å². The Bertz CT molecular complexity index is 935. The van der Waals surface area contributed by atoms with Crippen molar-refractivity contribution in [1.29, 1.82) is 0 Å². The Hall–Kier alpha value is -2.58. The van der Waals surface area contributed by atoms with Crippen molar-refractivity contribution in [3.63, 3.8) is 0 Å². The monoisotopic (exact) mass is 446 g/mol. The fraction of sp³-hybridized carbons (Fsp3) is 0.435. The molecule has 1 N–H and O–H groups in total. The number of hydrogen-bond acceptors (Lipinski definition) is 5. The van der Waals surface area contributed by atoms with Crippen LogP contribution in [-0.4, -0.2) is 45.4 Å². The molecule has 31 heavy (non-hydrogen) atoms. The van der Waals surface area contributed by atoms with E-state index in [0.717, 1.165) is 37.2 Å². The van der Waals surface area contributed by atoms with E-state index in [-0.39, 0.29) is 10.8 Å². The maximum absolute atomic E-state index is 12.8. The number of carbonyl (C=O) groups is 1. The van der Waals surface area contributed by atoms with Crippen LogP contribution in [0.25, 0.3) is 0 Å². The largest absolute Gasteiger partial charge is 0.497 e. The number of nitrogens with zero attached hydrogens (tertiary/aromatic N) is 1. The van der Waals surface area contributed by atoms with Gasteiger partial charge in [-0.1, -0.05) is 12.8 Å². The van der Waals surface area contributed by atoms with Gasteiger partial charge in [0.15, 0.2) is 0 Å². The molecule has 0 aromatic heterocycles. The normalized spacial score (nSPS) is 15.1. The summed E-state index contributed by atoms with van der Waals surface area (Å²) in [6.45, 7) is 1.56. The number of methoxy groups -OCH3 is 1. The standard InChI is InChI=1S/C23H30N2O5S/c1-29-20-10-12-21(13-11-20)30-18-6-7-23(26)24-19-8-14-22(15-9-19)31(27,28)25-16-4-2-3-5-17-25/h8-15H,2-7,16-18H2,1H3,(H,24,26). The fourth-order valence-corrected chi connectivity index (χ4v) is 4.98. The van der Waals surface area contributed by atoms with Gasteiger partial charge in [-0.25, -0.2) is 8.42 Å². The van der Waals surface area contributed by atoms with E-state index < -0.39 is 10.0 Å². The molecule has 1 saturated heterocycles. The molecule has 1 fully saturated rings. The Morgan fingerprint density at radius 3 is 2.16 bits per heavy atom. The molecule has 0 bridgehead atoms. The number of ether oxygens (including phenoxy) is 2. The van der Waals surface area contributed by atoms with Gasteiger partial charge in [0.25, 0.3) is 0 Å². The number of anilines is 1. The molecule has 8 heteroatoms. The van der Waals surface area contributed by atoms with E-state index in [1.54, 1.807) is 35.7 Å². The molecule has 1 amide bonds. The second-order valence-electron chi connectivity index (χ2n) is 7.52. The SMILES string of the molecule is COc1ccc(OCCCC(=O)Nc2ccc(S(=O)(=O)N3CCCCCC3)cc2)cc1. The van der Waals surface area contributed by atoms with Crippen molar-refractivity contribution in [3.05, 3.63) is 48.5 Å². The van der Waals surface area contributed by atoms with Gasteiger partial charge in [-0.2, -0.15) is 4.31 Å². The molecule has 0 atom stereocenters. The van der Waals surface area contributed by atoms with Crippen LogP contribution in [0.3, 0.4) is 0 Å². The average Bonchev–Trinajstić information content (AvgIpc) is 3.08. The third-order valence-electron chi connectivity index (χ3n) is 5.22. The van der Waals surface area contributed by atoms with Crippen molar-refractivity contribution in [2.24, 2.45) is 0 Å². The summed E-state index contributed by atoms with van der Waals surface area (Å²) >= 11 is 0. The summed E-state index contributed by atoms with van der Waals surface area (Å²) in [6, 6.07) is 13.7. The van der Waals surface area contributed by atoms with Gasteiger partial charge < -0.3 is 14.8 Å². The Kier molecular flexibility index (Phi) is 8.31. The third-order valence-corrected chi connectivity index (χ3v) is 7.13. The number of amides is 1. The molecule has 1 aliphatic rings. The van der Waals surface area contributed by atoms with Crippen LogP contribution in [0.4, 0.5) is 5.69 Å². The van der Waals surface area contributed by atoms with Gasteiger partial charge in [0.2, 0.25) is 15.9 Å². The van der Waals surface area contributed by atoms with Crippen molar-refractivity contribution in [2.45, 2.75) is 43.4 Å². The van der Waals surface area contributed by atoms with E-state index in [9.17, 15) is 13.2 Å². The van der Waals surface area contributed by atoms with E-state index in [1.807, 2.05) is 24.3 Å². The Balaban J connectivity index is 1.44. The van der Waals surface area contributed by atoms with Gasteiger partial charge >= 0.3 is 0 Å². The highest BCUT2D eigenvalue weighted by molar-refractivity contribution is 7.89. The van der Waals surface area contributed by atoms with Crippen molar-refractivity contribution in [1.82, 2.24) is 4.31 Å². The Morgan fingerprint density at radius 1 is 0.935 bits per heavy atom. The smallest absolute Gasteiger partial charge is 0.243 e. The molecular formula is C23H30N2O5S. The van der Waals surface area contributed by atoms with Crippen molar-refractivity contribution < 1.29 is 22.7 Å². The summed E-state index contributed by atoms with van der Waals surface area (Å²) in [5.41, 5.74) is 0.580. The van der Waals surface area contributed by atoms with Crippen LogP contribution in [0.5, 0.6) is 11.5 Å². The van der Waals surface area contributed by atoms with Gasteiger partial charge in [-0.15, -0.1) is 0 Å². The second-order valence-corrected chi connectivity index (χ2v) is 9.46. The molecule has 1 heterocycles. The van der Waals surface area contributed by atoms with Crippen molar-refractivity contribution in [2.75, 3.05) is 32.1 Å². The molecule has 0 radical (unpaired) electrons. The van der Waals surface area contributed by atoms with Crippen LogP contribution in [0, 0.1) is 0 Å². The first kappa shape index (κ1) is 23.1. The van der Waals surface area contributed by atoms with E-state index >= 15 is 0 Å². The minimum Gasteiger partial charge on any atom is -0.497 e. The lowest BCUT2D eigenvalue weighted by Gasteiger charge is -2.20. The number of sulfonamides is 1. The van der Waals surface area contributed by atoms with Crippen LogP contribution >= 0.6 is 0 Å². The fourth-order valence-electron chi connectivity index (χ4n) is 3.46. The average molecular weight is 447 g/mol. The lowest BCUT2D eigenvalue weighted by molar-refractivity contribution is -0.116. The molecule has 0 unspecified atom stereocenters. The summed E-state index contributed by atoms with van der Waals surface area (Å²) in [7, 11) is -1.87. The number of rotatable bonds is 9. The van der Waals surface area contributed by atoms with Crippen molar-refractivity contribution >= 4 is 21.6 Å². The van der Waals surface area contributed by atoms with E-state index in [1.165, 1.54) is 0 Å². The summed E-state index contributed by atoms with van der Waals surface area (Å²) < 4.78 is 37.9. The van der Waals surface area contributed by atoms with Crippen molar-refractivity contribution in [3.8, 4) is 11.5 Å². The minimum atomic E-state index is -3.48. The second kappa shape index (κ2) is 11.2. The Labute approximate surface area is 184 Å². The van der Waals surface area contributed by atoms with Gasteiger partial charge in [-0.3, -0.25) is 4.79 Å². The molecule has 1 aliphatic heterocycles. The van der Waals surface area contributed by atoms with Gasteiger partial charge in [0, 0.05) is 25.2 Å². The first-order valence-electron chi connectivity index (χ1n) is 10.7. The van der Waals surface area contributed by atoms with E-state index in [2.05, 4.69) is 5.32 Å². The zero-order chi connectivity index (χ0) is 22.1. The molecule has 2 aromatic rings. The summed E-state index contributed by atoms with van der Waals surface area (Å²) in [6.07, 6.45) is 4.82. The molecular weight excluding hydrogens is 416 g/mol. The summed E-state index contributed by atoms with van der Waals surface area (Å²) in [5.74, 6) is 1.35. The summed E-state index contributed by atoms with van der Waals surface area (Å²) in [4.78, 5) is 12.4. The van der Waals surface area contributed by atoms with Crippen LogP contribution in [0.15, 0.2) is 53.4 Å². The quantitative estimate of drug-likeness (QED) is 0.587. The van der Waals surface area contributed by atoms with Crippen LogP contribution in [-0.2, 0) is 14.8 Å². The van der Waals surface area contributed by atoms with Gasteiger partial charge in [0.1, 0.15) is 11.5 Å². The van der Waals surface area contributed by atoms with E-state index in [0.29, 0.717) is 38.2 Å². The summed E-state index contributed by atoms with van der Waals surface area (Å²) in [5, 5.41) is 2.80. The molecule has 7 nitrogen and oxygen atoms in total. The first-order valence-corrected chi connectivity index (χ1v) is 12.1. The van der Waals surface area contributed by atoms with Gasteiger partial charge in [-0.05, 0) is 67.8 Å². The maximum Gasteiger partial charge on any atom is 0.243 e. The number of nitrogens with one attached hydrogen (secondary N) is 1. The number of carbonyl (C=O) groups excluding carboxylic acids is 1. The van der Waals surface area contributed by atoms with E-state index in [4.69, 9.17) is 9.47 Å². The highest BCUT2D eigenvalue weighted by Crippen LogP contribution is 2.22. The lowest BCUT2D eigenvalue weighted by Crippen LogP contribution is -2.31. The Morgan fingerprint density at radius 2 is 1.55 bits per heavy atom. The predicted molar refractivity (Wildman–Crippen MR) is 120 cm³/mol. The zero-order valence-electron chi connectivity index (χ0n) is 17.9. The van der Waals surface area contributed by atoms with Crippen LogP contribution in [0.1, 0.15) is 38.5 Å². The number of benzene rings is 2. The minimum absolute atomic E-state index is 0.138. The molecule has 3 rings (SSSR count). The lowest BCUT2D eigenvalue weighted by atomic mass is 10.2. The third kappa shape index (κ3) is 6.70. The molecule has 0 spiro atoms. The molecule has 0 saturated carbocycles. The molecule has 0 aliphatic carbocycles. The molecule has 2 aromatic carbocycles. The highest BCUT2D eigenvalue weighted by Gasteiger charge is 2.24. The topological polar surface area (TPSA) is 84.9 Å². The zero-order valence-corrected chi connectivity index (χ0v) is 18.7. The first-order chi connectivity index (χ1) is 15.0. The molecule has 168 valence electrons. The predicted octanol–water partition coefficient (Wildman–Crippen LogP) is 4.06. The highest BCUT2D eigenvalue weighted by atomic mass is 32.2. The van der Waals surface area contributed by atoms with Crippen LogP contribution in [0.2, 0.25) is 0 Å². The van der Waals surface area contributed by atoms with Gasteiger partial charge in [0.05, 0.1) is 18.6 Å².